The Morgan fingerprint density at radius 1 is 1.09 bits per heavy atom. The molecule has 4 heterocycles. The van der Waals surface area contributed by atoms with E-state index in [1.165, 1.54) is 29.7 Å². The summed E-state index contributed by atoms with van der Waals surface area (Å²) in [6.07, 6.45) is 6.89. The number of hydrogen-bond acceptors (Lipinski definition) is 6. The number of ether oxygens (including phenoxy) is 2. The zero-order valence-electron chi connectivity index (χ0n) is 19.2. The second-order valence-corrected chi connectivity index (χ2v) is 8.79. The summed E-state index contributed by atoms with van der Waals surface area (Å²) >= 11 is 0. The first-order valence-electron chi connectivity index (χ1n) is 11.7. The van der Waals surface area contributed by atoms with Crippen molar-refractivity contribution in [3.05, 3.63) is 59.3 Å². The summed E-state index contributed by atoms with van der Waals surface area (Å²) in [7, 11) is 0. The van der Waals surface area contributed by atoms with Crippen LogP contribution < -0.4 is 4.74 Å². The Balaban J connectivity index is 0.000000297. The van der Waals surface area contributed by atoms with Gasteiger partial charge in [-0.25, -0.2) is 9.59 Å². The van der Waals surface area contributed by atoms with Crippen molar-refractivity contribution in [1.82, 2.24) is 14.7 Å². The summed E-state index contributed by atoms with van der Waals surface area (Å²) in [6, 6.07) is 10.8. The Morgan fingerprint density at radius 3 is 2.53 bits per heavy atom. The molecule has 0 unspecified atom stereocenters. The van der Waals surface area contributed by atoms with Crippen LogP contribution in [-0.2, 0) is 39.5 Å². The predicted molar refractivity (Wildman–Crippen MR) is 124 cm³/mol. The van der Waals surface area contributed by atoms with Gasteiger partial charge < -0.3 is 19.7 Å². The van der Waals surface area contributed by atoms with Crippen LogP contribution in [0.4, 0.5) is 0 Å². The molecule has 2 aromatic rings. The fraction of sp³-hybridized carbons (Fsp3) is 0.480. The van der Waals surface area contributed by atoms with Crippen LogP contribution in [0.5, 0.6) is 5.88 Å². The molecular formula is C25H31N3O6. The number of carboxylic acid groups (broad SMARTS) is 2. The molecule has 5 rings (SSSR count). The highest BCUT2D eigenvalue weighted by atomic mass is 16.5. The van der Waals surface area contributed by atoms with Crippen LogP contribution in [0.2, 0.25) is 0 Å². The Kier molecular flexibility index (Phi) is 7.64. The van der Waals surface area contributed by atoms with Gasteiger partial charge in [-0.05, 0) is 43.2 Å². The van der Waals surface area contributed by atoms with E-state index in [2.05, 4.69) is 45.0 Å². The molecule has 1 aromatic carbocycles. The molecule has 0 atom stereocenters. The van der Waals surface area contributed by atoms with Crippen LogP contribution in [0.15, 0.2) is 42.5 Å². The molecule has 9 nitrogen and oxygen atoms in total. The van der Waals surface area contributed by atoms with Crippen molar-refractivity contribution in [2.24, 2.45) is 0 Å². The molecule has 34 heavy (non-hydrogen) atoms. The lowest BCUT2D eigenvalue weighted by Crippen LogP contribution is -2.43. The molecular weight excluding hydrogens is 438 g/mol. The van der Waals surface area contributed by atoms with Crippen LogP contribution in [0.1, 0.15) is 42.5 Å². The highest BCUT2D eigenvalue weighted by Gasteiger charge is 2.42. The molecule has 1 aromatic heterocycles. The number of hydrogen-bond donors (Lipinski definition) is 2. The number of aliphatic carboxylic acids is 2. The SMILES string of the molecule is O=C(O)C=CC(=O)O.c1ccc2c(c1)COC21CCN(CCOc2cc3n(n2)CCCC3)CC1. The van der Waals surface area contributed by atoms with Gasteiger partial charge in [0, 0.05) is 50.1 Å². The van der Waals surface area contributed by atoms with Gasteiger partial charge in [-0.2, -0.15) is 0 Å². The lowest BCUT2D eigenvalue weighted by Gasteiger charge is -2.39. The minimum absolute atomic E-state index is 0.0448. The van der Waals surface area contributed by atoms with E-state index in [0.717, 1.165) is 57.9 Å². The zero-order chi connectivity index (χ0) is 24.0. The lowest BCUT2D eigenvalue weighted by atomic mass is 9.84. The van der Waals surface area contributed by atoms with Crippen molar-refractivity contribution in [3.8, 4) is 5.88 Å². The van der Waals surface area contributed by atoms with E-state index in [1.54, 1.807) is 0 Å². The van der Waals surface area contributed by atoms with Gasteiger partial charge in [0.1, 0.15) is 6.61 Å². The molecule has 2 N–H and O–H groups in total. The van der Waals surface area contributed by atoms with Gasteiger partial charge in [0.05, 0.1) is 12.2 Å². The van der Waals surface area contributed by atoms with Crippen molar-refractivity contribution < 1.29 is 29.3 Å². The summed E-state index contributed by atoms with van der Waals surface area (Å²) in [5, 5.41) is 20.2. The molecule has 0 amide bonds. The molecule has 1 saturated heterocycles. The van der Waals surface area contributed by atoms with E-state index in [0.29, 0.717) is 18.8 Å². The minimum Gasteiger partial charge on any atom is -0.478 e. The number of aryl methyl sites for hydroxylation is 2. The molecule has 1 fully saturated rings. The molecule has 3 aliphatic rings. The van der Waals surface area contributed by atoms with E-state index < -0.39 is 11.9 Å². The third-order valence-electron chi connectivity index (χ3n) is 6.60. The Labute approximate surface area is 198 Å². The maximum absolute atomic E-state index is 9.55. The predicted octanol–water partition coefficient (Wildman–Crippen LogP) is 2.83. The Hall–Kier alpha value is -3.17. The summed E-state index contributed by atoms with van der Waals surface area (Å²) in [5.41, 5.74) is 4.06. The van der Waals surface area contributed by atoms with E-state index in [-0.39, 0.29) is 5.60 Å². The molecule has 9 heteroatoms. The lowest BCUT2D eigenvalue weighted by molar-refractivity contribution is -0.134. The number of likely N-dealkylation sites (tertiary alicyclic amines) is 1. The van der Waals surface area contributed by atoms with Gasteiger partial charge in [-0.1, -0.05) is 24.3 Å². The van der Waals surface area contributed by atoms with Gasteiger partial charge in [0.15, 0.2) is 0 Å². The number of fused-ring (bicyclic) bond motifs is 3. The average Bonchev–Trinajstić information content (AvgIpc) is 3.41. The van der Waals surface area contributed by atoms with Crippen LogP contribution >= 0.6 is 0 Å². The average molecular weight is 470 g/mol. The van der Waals surface area contributed by atoms with Gasteiger partial charge in [0.25, 0.3) is 0 Å². The van der Waals surface area contributed by atoms with Crippen molar-refractivity contribution in [2.75, 3.05) is 26.2 Å². The Bertz CT molecular complexity index is 1000. The molecule has 0 bridgehead atoms. The normalized spacial score (nSPS) is 18.7. The van der Waals surface area contributed by atoms with Crippen molar-refractivity contribution in [1.29, 1.82) is 0 Å². The van der Waals surface area contributed by atoms with Crippen molar-refractivity contribution in [3.63, 3.8) is 0 Å². The van der Waals surface area contributed by atoms with Gasteiger partial charge in [-0.3, -0.25) is 9.58 Å². The number of nitrogens with zero attached hydrogens (tertiary/aromatic N) is 3. The van der Waals surface area contributed by atoms with E-state index >= 15 is 0 Å². The number of rotatable bonds is 6. The smallest absolute Gasteiger partial charge is 0.328 e. The fourth-order valence-corrected chi connectivity index (χ4v) is 4.82. The first-order valence-corrected chi connectivity index (χ1v) is 11.7. The number of piperidine rings is 1. The van der Waals surface area contributed by atoms with Gasteiger partial charge >= 0.3 is 11.9 Å². The maximum Gasteiger partial charge on any atom is 0.328 e. The first-order chi connectivity index (χ1) is 16.4. The van der Waals surface area contributed by atoms with E-state index in [1.807, 2.05) is 0 Å². The molecule has 0 saturated carbocycles. The zero-order valence-corrected chi connectivity index (χ0v) is 19.2. The highest BCUT2D eigenvalue weighted by molar-refractivity contribution is 5.89. The molecule has 1 spiro atoms. The van der Waals surface area contributed by atoms with Crippen LogP contribution in [0.25, 0.3) is 0 Å². The molecule has 182 valence electrons. The fourth-order valence-electron chi connectivity index (χ4n) is 4.82. The second kappa shape index (κ2) is 10.8. The number of benzene rings is 1. The third kappa shape index (κ3) is 5.84. The number of carboxylic acids is 2. The summed E-state index contributed by atoms with van der Waals surface area (Å²) < 4.78 is 14.3. The topological polar surface area (TPSA) is 114 Å². The standard InChI is InChI=1S/C21H27N3O2.C4H4O4/c1-2-7-19-17(5-1)16-26-21(19)8-11-23(12-9-21)13-14-25-20-15-18-6-3-4-10-24(18)22-20;5-3(6)1-2-4(7)8/h1-2,5,7,15H,3-4,6,8-14,16H2;1-2H,(H,5,6)(H,7,8). The van der Waals surface area contributed by atoms with E-state index in [4.69, 9.17) is 19.7 Å². The van der Waals surface area contributed by atoms with Crippen molar-refractivity contribution in [2.45, 2.75) is 50.9 Å². The molecule has 0 aliphatic carbocycles. The number of carbonyl (C=O) groups is 2. The Morgan fingerprint density at radius 2 is 1.82 bits per heavy atom. The van der Waals surface area contributed by atoms with Crippen LogP contribution in [0, 0.1) is 0 Å². The largest absolute Gasteiger partial charge is 0.478 e. The first kappa shape index (κ1) is 24.0. The second-order valence-electron chi connectivity index (χ2n) is 8.79. The maximum atomic E-state index is 9.55. The van der Waals surface area contributed by atoms with Gasteiger partial charge in [0.2, 0.25) is 5.88 Å². The van der Waals surface area contributed by atoms with Crippen LogP contribution in [0.3, 0.4) is 0 Å². The molecule has 0 radical (unpaired) electrons. The summed E-state index contributed by atoms with van der Waals surface area (Å²) in [4.78, 5) is 21.6. The van der Waals surface area contributed by atoms with Gasteiger partial charge in [-0.15, -0.1) is 5.10 Å². The quantitative estimate of drug-likeness (QED) is 0.621. The highest BCUT2D eigenvalue weighted by Crippen LogP contribution is 2.43. The minimum atomic E-state index is -1.26. The molecule has 3 aliphatic heterocycles. The van der Waals surface area contributed by atoms with Crippen LogP contribution in [-0.4, -0.2) is 63.1 Å². The number of aromatic nitrogens is 2. The summed E-state index contributed by atoms with van der Waals surface area (Å²) in [6.45, 7) is 5.61. The summed E-state index contributed by atoms with van der Waals surface area (Å²) in [5.74, 6) is -1.72. The van der Waals surface area contributed by atoms with Crippen molar-refractivity contribution >= 4 is 11.9 Å². The monoisotopic (exact) mass is 469 g/mol. The third-order valence-corrected chi connectivity index (χ3v) is 6.60. The van der Waals surface area contributed by atoms with E-state index in [9.17, 15) is 9.59 Å².